The number of aromatic nitrogens is 1. The summed E-state index contributed by atoms with van der Waals surface area (Å²) in [6.45, 7) is 6.40. The van der Waals surface area contributed by atoms with Crippen molar-refractivity contribution in [1.29, 1.82) is 0 Å². The van der Waals surface area contributed by atoms with E-state index in [1.165, 1.54) is 0 Å². The molecule has 7 heteroatoms. The highest BCUT2D eigenvalue weighted by Gasteiger charge is 2.19. The highest BCUT2D eigenvalue weighted by molar-refractivity contribution is 7.80. The summed E-state index contributed by atoms with van der Waals surface area (Å²) in [7, 11) is 0. The number of benzene rings is 1. The third-order valence-electron chi connectivity index (χ3n) is 5.60. The number of thiocarbonyl (C=S) groups is 1. The van der Waals surface area contributed by atoms with Crippen molar-refractivity contribution in [3.8, 4) is 0 Å². The van der Waals surface area contributed by atoms with Crippen molar-refractivity contribution < 1.29 is 9.15 Å². The fourth-order valence-corrected chi connectivity index (χ4v) is 4.06. The van der Waals surface area contributed by atoms with Crippen molar-refractivity contribution in [3.05, 3.63) is 69.4 Å². The molecule has 3 heterocycles. The van der Waals surface area contributed by atoms with E-state index in [1.54, 1.807) is 6.26 Å². The Morgan fingerprint density at radius 1 is 1.27 bits per heavy atom. The molecule has 0 bridgehead atoms. The Hall–Kier alpha value is -2.64. The number of hydrogen-bond donors (Lipinski definition) is 2. The number of fused-ring (bicyclic) bond motifs is 1. The molecule has 6 nitrogen and oxygen atoms in total. The van der Waals surface area contributed by atoms with Crippen LogP contribution in [0.1, 0.15) is 35.3 Å². The number of aryl methyl sites for hydroxylation is 2. The lowest BCUT2D eigenvalue weighted by molar-refractivity contribution is 0.113. The lowest BCUT2D eigenvalue weighted by Crippen LogP contribution is -2.42. The summed E-state index contributed by atoms with van der Waals surface area (Å²) >= 11 is 5.67. The summed E-state index contributed by atoms with van der Waals surface area (Å²) in [6.07, 6.45) is 3.95. The molecule has 1 aliphatic rings. The van der Waals surface area contributed by atoms with E-state index >= 15 is 0 Å². The van der Waals surface area contributed by atoms with Crippen LogP contribution in [0.5, 0.6) is 0 Å². The number of H-pyrrole nitrogens is 1. The molecule has 1 fully saturated rings. The molecule has 0 aliphatic carbocycles. The van der Waals surface area contributed by atoms with Crippen molar-refractivity contribution in [1.82, 2.24) is 15.2 Å². The van der Waals surface area contributed by atoms with Gasteiger partial charge in [0, 0.05) is 24.1 Å². The summed E-state index contributed by atoms with van der Waals surface area (Å²) in [5.74, 6) is 0.792. The molecule has 2 aromatic heterocycles. The second-order valence-corrected chi connectivity index (χ2v) is 8.25. The molecule has 3 aromatic rings. The zero-order valence-electron chi connectivity index (χ0n) is 17.4. The second-order valence-electron chi connectivity index (χ2n) is 7.87. The molecule has 0 radical (unpaired) electrons. The largest absolute Gasteiger partial charge is 0.467 e. The smallest absolute Gasteiger partial charge is 0.253 e. The summed E-state index contributed by atoms with van der Waals surface area (Å²) in [4.78, 5) is 17.9. The lowest BCUT2D eigenvalue weighted by Gasteiger charge is -2.26. The van der Waals surface area contributed by atoms with Gasteiger partial charge in [0.2, 0.25) is 0 Å². The Balaban J connectivity index is 1.59. The van der Waals surface area contributed by atoms with Gasteiger partial charge >= 0.3 is 0 Å². The predicted molar refractivity (Wildman–Crippen MR) is 122 cm³/mol. The average molecular weight is 426 g/mol. The Bertz CT molecular complexity index is 1090. The Morgan fingerprint density at radius 3 is 2.83 bits per heavy atom. The van der Waals surface area contributed by atoms with Gasteiger partial charge in [0.05, 0.1) is 31.0 Å². The van der Waals surface area contributed by atoms with Crippen molar-refractivity contribution in [2.75, 3.05) is 13.2 Å². The van der Waals surface area contributed by atoms with Crippen LogP contribution < -0.4 is 10.9 Å². The fraction of sp³-hybridized carbons (Fsp3) is 0.391. The normalized spacial score (nSPS) is 16.1. The van der Waals surface area contributed by atoms with Crippen molar-refractivity contribution >= 4 is 28.2 Å². The summed E-state index contributed by atoms with van der Waals surface area (Å²) in [5.41, 5.74) is 3.65. The Labute approximate surface area is 181 Å². The standard InChI is InChI=1S/C23H27N3O3S/c1-15-7-8-16(2)21-20(15)11-17(22(27)25-21)13-26(14-19-6-4-10-29-19)23(30)24-12-18-5-3-9-28-18/h4,6-8,10-11,18H,3,5,9,12-14H2,1-2H3,(H,24,30)(H,25,27)/t18-/m0/s1. The molecule has 4 rings (SSSR count). The van der Waals surface area contributed by atoms with Gasteiger partial charge in [0.25, 0.3) is 5.56 Å². The highest BCUT2D eigenvalue weighted by atomic mass is 32.1. The molecule has 158 valence electrons. The van der Waals surface area contributed by atoms with E-state index < -0.39 is 0 Å². The molecule has 0 spiro atoms. The number of ether oxygens (including phenoxy) is 1. The summed E-state index contributed by atoms with van der Waals surface area (Å²) in [5, 5.41) is 4.95. The molecule has 30 heavy (non-hydrogen) atoms. The number of hydrogen-bond acceptors (Lipinski definition) is 4. The average Bonchev–Trinajstić information content (AvgIpc) is 3.43. The van der Waals surface area contributed by atoms with E-state index in [9.17, 15) is 4.79 Å². The monoisotopic (exact) mass is 425 g/mol. The number of pyridine rings is 1. The minimum Gasteiger partial charge on any atom is -0.467 e. The number of nitrogens with one attached hydrogen (secondary N) is 2. The molecule has 1 aromatic carbocycles. The minimum atomic E-state index is -0.0948. The van der Waals surface area contributed by atoms with E-state index in [0.717, 1.165) is 47.2 Å². The van der Waals surface area contributed by atoms with Crippen molar-refractivity contribution in [2.24, 2.45) is 0 Å². The molecular weight excluding hydrogens is 398 g/mol. The maximum absolute atomic E-state index is 12.8. The number of furan rings is 1. The van der Waals surface area contributed by atoms with Gasteiger partial charge in [0.1, 0.15) is 5.76 Å². The summed E-state index contributed by atoms with van der Waals surface area (Å²) in [6, 6.07) is 9.85. The van der Waals surface area contributed by atoms with Gasteiger partial charge in [-0.1, -0.05) is 12.1 Å². The van der Waals surface area contributed by atoms with E-state index in [0.29, 0.717) is 30.3 Å². The van der Waals surface area contributed by atoms with Gasteiger partial charge in [-0.25, -0.2) is 0 Å². The molecular formula is C23H27N3O3S. The van der Waals surface area contributed by atoms with Crippen LogP contribution in [0.2, 0.25) is 0 Å². The molecule has 0 unspecified atom stereocenters. The molecule has 0 amide bonds. The Kier molecular flexibility index (Phi) is 6.20. The fourth-order valence-electron chi connectivity index (χ4n) is 3.85. The minimum absolute atomic E-state index is 0.0948. The highest BCUT2D eigenvalue weighted by Crippen LogP contribution is 2.21. The maximum atomic E-state index is 12.8. The first kappa shape index (κ1) is 20.6. The quantitative estimate of drug-likeness (QED) is 0.586. The molecule has 2 N–H and O–H groups in total. The van der Waals surface area contributed by atoms with Gasteiger partial charge in [-0.3, -0.25) is 4.79 Å². The SMILES string of the molecule is Cc1ccc(C)c2[nH]c(=O)c(CN(Cc3ccco3)C(=S)NC[C@@H]3CCCO3)cc12. The van der Waals surface area contributed by atoms with Crippen molar-refractivity contribution in [3.63, 3.8) is 0 Å². The molecule has 1 atom stereocenters. The topological polar surface area (TPSA) is 70.5 Å². The van der Waals surface area contributed by atoms with E-state index in [2.05, 4.69) is 23.3 Å². The zero-order valence-corrected chi connectivity index (χ0v) is 18.2. The van der Waals surface area contributed by atoms with Gasteiger partial charge in [-0.05, 0) is 68.2 Å². The van der Waals surface area contributed by atoms with Crippen LogP contribution in [-0.2, 0) is 17.8 Å². The zero-order chi connectivity index (χ0) is 21.1. The molecule has 1 aliphatic heterocycles. The summed E-state index contributed by atoms with van der Waals surface area (Å²) < 4.78 is 11.2. The third-order valence-corrected chi connectivity index (χ3v) is 6.00. The molecule has 0 saturated carbocycles. The third kappa shape index (κ3) is 4.57. The lowest BCUT2D eigenvalue weighted by atomic mass is 10.0. The van der Waals surface area contributed by atoms with E-state index in [-0.39, 0.29) is 11.7 Å². The number of aromatic amines is 1. The number of rotatable bonds is 6. The van der Waals surface area contributed by atoms with Crippen molar-refractivity contribution in [2.45, 2.75) is 45.9 Å². The maximum Gasteiger partial charge on any atom is 0.253 e. The van der Waals surface area contributed by atoms with Gasteiger partial charge in [-0.2, -0.15) is 0 Å². The van der Waals surface area contributed by atoms with E-state index in [4.69, 9.17) is 21.4 Å². The van der Waals surface area contributed by atoms with Crippen LogP contribution in [0.4, 0.5) is 0 Å². The number of nitrogens with zero attached hydrogens (tertiary/aromatic N) is 1. The molecule has 1 saturated heterocycles. The van der Waals surface area contributed by atoms with Crippen LogP contribution in [-0.4, -0.2) is 34.3 Å². The van der Waals surface area contributed by atoms with Gasteiger partial charge < -0.3 is 24.4 Å². The second kappa shape index (κ2) is 9.02. The van der Waals surface area contributed by atoms with Crippen LogP contribution in [0.3, 0.4) is 0 Å². The van der Waals surface area contributed by atoms with E-state index in [1.807, 2.05) is 36.1 Å². The Morgan fingerprint density at radius 2 is 2.10 bits per heavy atom. The van der Waals surface area contributed by atoms with Crippen LogP contribution in [0, 0.1) is 13.8 Å². The predicted octanol–water partition coefficient (Wildman–Crippen LogP) is 3.79. The van der Waals surface area contributed by atoms with Crippen LogP contribution >= 0.6 is 12.2 Å². The van der Waals surface area contributed by atoms with Crippen LogP contribution in [0.25, 0.3) is 10.9 Å². The first-order valence-corrected chi connectivity index (χ1v) is 10.7. The van der Waals surface area contributed by atoms with Gasteiger partial charge in [-0.15, -0.1) is 0 Å². The first-order valence-electron chi connectivity index (χ1n) is 10.3. The van der Waals surface area contributed by atoms with Crippen LogP contribution in [0.15, 0.2) is 45.8 Å². The first-order chi connectivity index (χ1) is 14.5. The van der Waals surface area contributed by atoms with Gasteiger partial charge in [0.15, 0.2) is 5.11 Å².